The molecule has 0 saturated carbocycles. The van der Waals surface area contributed by atoms with Crippen molar-refractivity contribution in [1.82, 2.24) is 10.2 Å². The van der Waals surface area contributed by atoms with Crippen LogP contribution in [0.1, 0.15) is 11.5 Å². The Kier molecular flexibility index (Phi) is 4.32. The van der Waals surface area contributed by atoms with Gasteiger partial charge in [-0.3, -0.25) is 0 Å². The quantitative estimate of drug-likeness (QED) is 0.860. The summed E-state index contributed by atoms with van der Waals surface area (Å²) >= 11 is 17.7. The van der Waals surface area contributed by atoms with Gasteiger partial charge in [0, 0.05) is 17.3 Å². The summed E-state index contributed by atoms with van der Waals surface area (Å²) in [7, 11) is 0. The first-order chi connectivity index (χ1) is 8.60. The number of hydrogen-bond acceptors (Lipinski definition) is 4. The summed E-state index contributed by atoms with van der Waals surface area (Å²) in [5.74, 6) is 0.903. The molecule has 0 spiro atoms. The van der Waals surface area contributed by atoms with Gasteiger partial charge >= 0.3 is 6.01 Å². The van der Waals surface area contributed by atoms with Crippen molar-refractivity contribution in [3.8, 4) is 0 Å². The van der Waals surface area contributed by atoms with Crippen molar-refractivity contribution in [3.05, 3.63) is 33.6 Å². The van der Waals surface area contributed by atoms with Crippen molar-refractivity contribution < 1.29 is 4.42 Å². The van der Waals surface area contributed by atoms with Gasteiger partial charge in [0.1, 0.15) is 0 Å². The molecule has 2 rings (SSSR count). The maximum Gasteiger partial charge on any atom is 0.320 e. The van der Waals surface area contributed by atoms with Gasteiger partial charge in [0.05, 0.1) is 10.7 Å². The largest absolute Gasteiger partial charge is 0.408 e. The van der Waals surface area contributed by atoms with E-state index in [0.717, 1.165) is 5.56 Å². The van der Waals surface area contributed by atoms with Crippen LogP contribution in [-0.2, 0) is 6.42 Å². The number of alkyl halides is 1. The summed E-state index contributed by atoms with van der Waals surface area (Å²) in [6.07, 6.45) is 0.526. The second-order valence-corrected chi connectivity index (χ2v) is 4.84. The van der Waals surface area contributed by atoms with Crippen molar-refractivity contribution in [2.24, 2.45) is 0 Å². The number of halogens is 3. The number of hydrogen-bond donors (Lipinski definition) is 1. The molecule has 0 saturated heterocycles. The van der Waals surface area contributed by atoms with Crippen molar-refractivity contribution >= 4 is 46.5 Å². The predicted octanol–water partition coefficient (Wildman–Crippen LogP) is 4.21. The van der Waals surface area contributed by atoms with Gasteiger partial charge in [0.2, 0.25) is 5.89 Å². The maximum atomic E-state index is 6.09. The zero-order valence-electron chi connectivity index (χ0n) is 9.51. The third-order valence-corrected chi connectivity index (χ3v) is 3.17. The molecule has 0 unspecified atom stereocenters. The van der Waals surface area contributed by atoms with E-state index >= 15 is 0 Å². The van der Waals surface area contributed by atoms with Crippen LogP contribution in [0.4, 0.5) is 11.7 Å². The summed E-state index contributed by atoms with van der Waals surface area (Å²) < 4.78 is 5.33. The van der Waals surface area contributed by atoms with Gasteiger partial charge in [-0.1, -0.05) is 28.3 Å². The summed E-state index contributed by atoms with van der Waals surface area (Å²) in [4.78, 5) is 0. The van der Waals surface area contributed by atoms with Crippen LogP contribution in [0.5, 0.6) is 0 Å². The van der Waals surface area contributed by atoms with Crippen LogP contribution in [0.25, 0.3) is 0 Å². The highest BCUT2D eigenvalue weighted by molar-refractivity contribution is 6.35. The molecule has 1 aromatic carbocycles. The second kappa shape index (κ2) is 5.78. The molecule has 0 aliphatic heterocycles. The molecule has 2 aromatic rings. The Morgan fingerprint density at radius 1 is 1.22 bits per heavy atom. The van der Waals surface area contributed by atoms with Gasteiger partial charge in [-0.05, 0) is 24.6 Å². The fourth-order valence-corrected chi connectivity index (χ4v) is 1.93. The van der Waals surface area contributed by atoms with Crippen LogP contribution in [-0.4, -0.2) is 16.1 Å². The SMILES string of the molecule is Cc1cc(Cl)c(Nc2nnc(CCCl)o2)cc1Cl. The fraction of sp³-hybridized carbons (Fsp3) is 0.273. The third-order valence-electron chi connectivity index (χ3n) is 2.27. The van der Waals surface area contributed by atoms with Gasteiger partial charge in [-0.2, -0.15) is 0 Å². The molecule has 1 aromatic heterocycles. The molecule has 18 heavy (non-hydrogen) atoms. The first-order valence-electron chi connectivity index (χ1n) is 5.21. The summed E-state index contributed by atoms with van der Waals surface area (Å²) in [5.41, 5.74) is 1.52. The Balaban J connectivity index is 2.20. The van der Waals surface area contributed by atoms with Crippen LogP contribution < -0.4 is 5.32 Å². The van der Waals surface area contributed by atoms with Crippen molar-refractivity contribution in [1.29, 1.82) is 0 Å². The zero-order valence-corrected chi connectivity index (χ0v) is 11.8. The van der Waals surface area contributed by atoms with E-state index in [-0.39, 0.29) is 6.01 Å². The lowest BCUT2D eigenvalue weighted by Gasteiger charge is -2.06. The van der Waals surface area contributed by atoms with Gasteiger partial charge < -0.3 is 9.73 Å². The first-order valence-corrected chi connectivity index (χ1v) is 6.50. The summed E-state index contributed by atoms with van der Waals surface area (Å²) in [5, 5.41) is 11.7. The summed E-state index contributed by atoms with van der Waals surface area (Å²) in [6.45, 7) is 1.88. The minimum absolute atomic E-state index is 0.261. The van der Waals surface area contributed by atoms with E-state index in [2.05, 4.69) is 15.5 Å². The fourth-order valence-electron chi connectivity index (χ4n) is 1.34. The Morgan fingerprint density at radius 3 is 2.72 bits per heavy atom. The van der Waals surface area contributed by atoms with Gasteiger partial charge in [0.15, 0.2) is 0 Å². The van der Waals surface area contributed by atoms with Crippen LogP contribution in [0.15, 0.2) is 16.5 Å². The van der Waals surface area contributed by atoms with E-state index < -0.39 is 0 Å². The second-order valence-electron chi connectivity index (χ2n) is 3.65. The molecule has 96 valence electrons. The molecule has 7 heteroatoms. The van der Waals surface area contributed by atoms with Crippen LogP contribution in [0.3, 0.4) is 0 Å². The van der Waals surface area contributed by atoms with Crippen LogP contribution >= 0.6 is 34.8 Å². The molecular weight excluding hydrogens is 296 g/mol. The van der Waals surface area contributed by atoms with E-state index in [9.17, 15) is 0 Å². The molecule has 0 radical (unpaired) electrons. The number of nitrogens with one attached hydrogen (secondary N) is 1. The highest BCUT2D eigenvalue weighted by Crippen LogP contribution is 2.30. The average Bonchev–Trinajstić information content (AvgIpc) is 2.74. The van der Waals surface area contributed by atoms with Gasteiger partial charge in [-0.25, -0.2) is 0 Å². The molecule has 1 heterocycles. The molecular formula is C11H10Cl3N3O. The van der Waals surface area contributed by atoms with Crippen molar-refractivity contribution in [2.75, 3.05) is 11.2 Å². The molecule has 0 bridgehead atoms. The van der Waals surface area contributed by atoms with E-state index in [4.69, 9.17) is 39.2 Å². The minimum atomic E-state index is 0.261. The Morgan fingerprint density at radius 2 is 2.00 bits per heavy atom. The van der Waals surface area contributed by atoms with E-state index in [1.165, 1.54) is 0 Å². The normalized spacial score (nSPS) is 10.7. The molecule has 0 atom stereocenters. The zero-order chi connectivity index (χ0) is 13.1. The molecule has 0 fully saturated rings. The number of aromatic nitrogens is 2. The highest BCUT2D eigenvalue weighted by Gasteiger charge is 2.09. The molecule has 0 aliphatic rings. The molecule has 4 nitrogen and oxygen atoms in total. The first kappa shape index (κ1) is 13.5. The monoisotopic (exact) mass is 305 g/mol. The maximum absolute atomic E-state index is 6.09. The van der Waals surface area contributed by atoms with Gasteiger partial charge in [0.25, 0.3) is 0 Å². The number of rotatable bonds is 4. The highest BCUT2D eigenvalue weighted by atomic mass is 35.5. The minimum Gasteiger partial charge on any atom is -0.408 e. The van der Waals surface area contributed by atoms with Crippen molar-refractivity contribution in [2.45, 2.75) is 13.3 Å². The van der Waals surface area contributed by atoms with E-state index in [1.54, 1.807) is 12.1 Å². The summed E-state index contributed by atoms with van der Waals surface area (Å²) in [6, 6.07) is 3.74. The van der Waals surface area contributed by atoms with Crippen LogP contribution in [0, 0.1) is 6.92 Å². The molecule has 0 amide bonds. The number of nitrogens with zero attached hydrogens (tertiary/aromatic N) is 2. The molecule has 1 N–H and O–H groups in total. The number of aryl methyl sites for hydroxylation is 2. The van der Waals surface area contributed by atoms with Crippen molar-refractivity contribution in [3.63, 3.8) is 0 Å². The van der Waals surface area contributed by atoms with Gasteiger partial charge in [-0.15, -0.1) is 16.7 Å². The third kappa shape index (κ3) is 3.07. The number of anilines is 2. The number of benzene rings is 1. The van der Waals surface area contributed by atoms with E-state index in [1.807, 2.05) is 6.92 Å². The smallest absolute Gasteiger partial charge is 0.320 e. The van der Waals surface area contributed by atoms with Crippen LogP contribution in [0.2, 0.25) is 10.0 Å². The lowest BCUT2D eigenvalue weighted by atomic mass is 10.2. The Hall–Kier alpha value is -0.970. The predicted molar refractivity (Wildman–Crippen MR) is 73.2 cm³/mol. The molecule has 0 aliphatic carbocycles. The lowest BCUT2D eigenvalue weighted by Crippen LogP contribution is -1.92. The standard InChI is InChI=1S/C11H10Cl3N3O/c1-6-4-8(14)9(5-7(6)13)15-11-17-16-10(18-11)2-3-12/h4-5H,2-3H2,1H3,(H,15,17). The van der Waals surface area contributed by atoms with E-state index in [0.29, 0.717) is 33.9 Å². The Bertz CT molecular complexity index is 556. The lowest BCUT2D eigenvalue weighted by molar-refractivity contribution is 0.516. The Labute approximate surface area is 119 Å². The average molecular weight is 307 g/mol. The topological polar surface area (TPSA) is 51.0 Å².